The number of amides is 1. The topological polar surface area (TPSA) is 103 Å². The van der Waals surface area contributed by atoms with Crippen molar-refractivity contribution in [2.24, 2.45) is 5.73 Å². The molecule has 0 spiro atoms. The van der Waals surface area contributed by atoms with Gasteiger partial charge < -0.3 is 15.8 Å². The number of hydrogen-bond acceptors (Lipinski definition) is 6. The summed E-state index contributed by atoms with van der Waals surface area (Å²) in [5.41, 5.74) is 7.19. The zero-order valence-corrected chi connectivity index (χ0v) is 16.6. The Morgan fingerprint density at radius 3 is 2.67 bits per heavy atom. The van der Waals surface area contributed by atoms with Crippen LogP contribution in [-0.2, 0) is 5.41 Å². The van der Waals surface area contributed by atoms with E-state index in [2.05, 4.69) is 20.5 Å². The number of rotatable bonds is 7. The van der Waals surface area contributed by atoms with Crippen LogP contribution in [0.25, 0.3) is 11.3 Å². The lowest BCUT2D eigenvalue weighted by atomic mass is 9.66. The molecule has 154 valence electrons. The quantitative estimate of drug-likeness (QED) is 0.623. The van der Waals surface area contributed by atoms with E-state index < -0.39 is 5.91 Å². The fraction of sp³-hybridized carbons (Fsp3) is 0.273. The highest BCUT2D eigenvalue weighted by Gasteiger charge is 2.41. The molecular weight excluding hydrogens is 385 g/mol. The average Bonchev–Trinajstić information content (AvgIpc) is 2.74. The van der Waals surface area contributed by atoms with E-state index in [-0.39, 0.29) is 16.8 Å². The van der Waals surface area contributed by atoms with Gasteiger partial charge in [-0.3, -0.25) is 9.78 Å². The second kappa shape index (κ2) is 8.06. The predicted octanol–water partition coefficient (Wildman–Crippen LogP) is 3.32. The largest absolute Gasteiger partial charge is 0.496 e. The number of nitrogens with zero attached hydrogens (tertiary/aromatic N) is 3. The number of carbonyl (C=O) groups is 1. The first kappa shape index (κ1) is 19.8. The molecule has 30 heavy (non-hydrogen) atoms. The van der Waals surface area contributed by atoms with Gasteiger partial charge in [0.1, 0.15) is 17.4 Å². The monoisotopic (exact) mass is 407 g/mol. The van der Waals surface area contributed by atoms with Gasteiger partial charge in [0.15, 0.2) is 0 Å². The van der Waals surface area contributed by atoms with Crippen LogP contribution in [-0.4, -0.2) is 34.7 Å². The molecule has 0 unspecified atom stereocenters. The summed E-state index contributed by atoms with van der Waals surface area (Å²) < 4.78 is 19.4. The summed E-state index contributed by atoms with van der Waals surface area (Å²) in [5.74, 6) is 0.146. The van der Waals surface area contributed by atoms with Crippen molar-refractivity contribution >= 4 is 11.7 Å². The molecule has 0 aliphatic heterocycles. The Morgan fingerprint density at radius 1 is 1.23 bits per heavy atom. The fourth-order valence-corrected chi connectivity index (χ4v) is 3.78. The molecule has 0 radical (unpaired) electrons. The van der Waals surface area contributed by atoms with Crippen LogP contribution < -0.4 is 15.8 Å². The second-order valence-electron chi connectivity index (χ2n) is 7.40. The first-order chi connectivity index (χ1) is 14.5. The standard InChI is InChI=1S/C22H22FN5O2/c1-30-18-7-5-14(12-15(18)21(24)29)17-6-8-19(28-27-17)26-13-22(9-3-10-22)20-16(23)4-2-11-25-20/h2,4-8,11-12H,3,9-10,13H2,1H3,(H2,24,29)(H,26,28). The molecule has 2 heterocycles. The van der Waals surface area contributed by atoms with Gasteiger partial charge in [0.2, 0.25) is 0 Å². The molecule has 1 aliphatic rings. The molecule has 4 rings (SSSR count). The predicted molar refractivity (Wildman–Crippen MR) is 111 cm³/mol. The van der Waals surface area contributed by atoms with Gasteiger partial charge in [0, 0.05) is 23.7 Å². The number of pyridine rings is 1. The van der Waals surface area contributed by atoms with Crippen LogP contribution in [0.4, 0.5) is 10.2 Å². The number of primary amides is 1. The molecule has 1 aromatic carbocycles. The van der Waals surface area contributed by atoms with Crippen molar-refractivity contribution in [2.45, 2.75) is 24.7 Å². The van der Waals surface area contributed by atoms with E-state index in [9.17, 15) is 9.18 Å². The van der Waals surface area contributed by atoms with Crippen molar-refractivity contribution < 1.29 is 13.9 Å². The third-order valence-corrected chi connectivity index (χ3v) is 5.60. The van der Waals surface area contributed by atoms with Crippen molar-refractivity contribution in [3.8, 4) is 17.0 Å². The van der Waals surface area contributed by atoms with Crippen LogP contribution in [0.5, 0.6) is 5.75 Å². The van der Waals surface area contributed by atoms with E-state index in [0.717, 1.165) is 19.3 Å². The highest BCUT2D eigenvalue weighted by Crippen LogP contribution is 2.43. The Labute approximate surface area is 173 Å². The Kier molecular flexibility index (Phi) is 5.31. The van der Waals surface area contributed by atoms with E-state index in [4.69, 9.17) is 10.5 Å². The normalized spacial score (nSPS) is 14.6. The van der Waals surface area contributed by atoms with Gasteiger partial charge in [-0.2, -0.15) is 0 Å². The molecule has 1 amide bonds. The molecule has 7 nitrogen and oxygen atoms in total. The first-order valence-corrected chi connectivity index (χ1v) is 9.69. The summed E-state index contributed by atoms with van der Waals surface area (Å²) in [6.07, 6.45) is 4.42. The number of halogens is 1. The number of methoxy groups -OCH3 is 1. The lowest BCUT2D eigenvalue weighted by molar-refractivity contribution is 0.0997. The van der Waals surface area contributed by atoms with Crippen LogP contribution >= 0.6 is 0 Å². The fourth-order valence-electron chi connectivity index (χ4n) is 3.78. The maximum absolute atomic E-state index is 14.3. The van der Waals surface area contributed by atoms with E-state index in [1.165, 1.54) is 13.2 Å². The number of hydrogen-bond donors (Lipinski definition) is 2. The van der Waals surface area contributed by atoms with Gasteiger partial charge >= 0.3 is 0 Å². The number of aromatic nitrogens is 3. The molecular formula is C22H22FN5O2. The molecule has 1 saturated carbocycles. The van der Waals surface area contributed by atoms with Gasteiger partial charge in [-0.25, -0.2) is 4.39 Å². The number of ether oxygens (including phenoxy) is 1. The molecule has 1 fully saturated rings. The summed E-state index contributed by atoms with van der Waals surface area (Å²) in [6.45, 7) is 0.531. The van der Waals surface area contributed by atoms with E-state index in [1.807, 2.05) is 0 Å². The Balaban J connectivity index is 1.50. The van der Waals surface area contributed by atoms with Gasteiger partial charge in [-0.05, 0) is 55.3 Å². The molecule has 0 atom stereocenters. The van der Waals surface area contributed by atoms with E-state index in [1.54, 1.807) is 42.6 Å². The van der Waals surface area contributed by atoms with Crippen LogP contribution in [0.15, 0.2) is 48.7 Å². The van der Waals surface area contributed by atoms with E-state index >= 15 is 0 Å². The highest BCUT2D eigenvalue weighted by molar-refractivity contribution is 5.96. The maximum atomic E-state index is 14.3. The van der Waals surface area contributed by atoms with E-state index in [0.29, 0.717) is 35.1 Å². The Bertz CT molecular complexity index is 1070. The second-order valence-corrected chi connectivity index (χ2v) is 7.40. The zero-order chi connectivity index (χ0) is 21.1. The molecule has 2 aromatic heterocycles. The summed E-state index contributed by atoms with van der Waals surface area (Å²) in [7, 11) is 1.48. The molecule has 3 aromatic rings. The average molecular weight is 407 g/mol. The van der Waals surface area contributed by atoms with Crippen molar-refractivity contribution in [3.63, 3.8) is 0 Å². The van der Waals surface area contributed by atoms with Gasteiger partial charge in [-0.1, -0.05) is 6.42 Å². The minimum Gasteiger partial charge on any atom is -0.496 e. The van der Waals surface area contributed by atoms with Crippen molar-refractivity contribution in [3.05, 3.63) is 65.7 Å². The minimum absolute atomic E-state index is 0.273. The lowest BCUT2D eigenvalue weighted by Gasteiger charge is -2.41. The smallest absolute Gasteiger partial charge is 0.252 e. The van der Waals surface area contributed by atoms with Gasteiger partial charge in [-0.15, -0.1) is 10.2 Å². The highest BCUT2D eigenvalue weighted by atomic mass is 19.1. The molecule has 0 saturated heterocycles. The SMILES string of the molecule is COc1ccc(-c2ccc(NCC3(c4ncccc4F)CCC3)nn2)cc1C(N)=O. The van der Waals surface area contributed by atoms with Crippen LogP contribution in [0.2, 0.25) is 0 Å². The number of anilines is 1. The van der Waals surface area contributed by atoms with Crippen molar-refractivity contribution in [2.75, 3.05) is 19.0 Å². The number of nitrogens with one attached hydrogen (secondary N) is 1. The molecule has 8 heteroatoms. The third-order valence-electron chi connectivity index (χ3n) is 5.60. The van der Waals surface area contributed by atoms with Crippen LogP contribution in [0.1, 0.15) is 35.3 Å². The molecule has 1 aliphatic carbocycles. The summed E-state index contributed by atoms with van der Waals surface area (Å²) in [5, 5.41) is 11.7. The minimum atomic E-state index is -0.576. The number of nitrogens with two attached hydrogens (primary N) is 1. The van der Waals surface area contributed by atoms with Gasteiger partial charge in [0.05, 0.1) is 24.1 Å². The van der Waals surface area contributed by atoms with Gasteiger partial charge in [0.25, 0.3) is 5.91 Å². The third kappa shape index (κ3) is 3.68. The number of benzene rings is 1. The molecule has 0 bridgehead atoms. The summed E-state index contributed by atoms with van der Waals surface area (Å²) in [6, 6.07) is 11.7. The van der Waals surface area contributed by atoms with Crippen LogP contribution in [0.3, 0.4) is 0 Å². The molecule has 3 N–H and O–H groups in total. The summed E-state index contributed by atoms with van der Waals surface area (Å²) in [4.78, 5) is 15.9. The summed E-state index contributed by atoms with van der Waals surface area (Å²) >= 11 is 0. The first-order valence-electron chi connectivity index (χ1n) is 9.69. The van der Waals surface area contributed by atoms with Crippen molar-refractivity contribution in [1.29, 1.82) is 0 Å². The van der Waals surface area contributed by atoms with Crippen molar-refractivity contribution in [1.82, 2.24) is 15.2 Å². The number of carbonyl (C=O) groups excluding carboxylic acids is 1. The lowest BCUT2D eigenvalue weighted by Crippen LogP contribution is -2.42. The maximum Gasteiger partial charge on any atom is 0.252 e. The Hall–Kier alpha value is -3.55. The zero-order valence-electron chi connectivity index (χ0n) is 16.6. The van der Waals surface area contributed by atoms with Crippen LogP contribution in [0, 0.1) is 5.82 Å². The Morgan fingerprint density at radius 2 is 2.07 bits per heavy atom.